The maximum absolute atomic E-state index is 6.04. The van der Waals surface area contributed by atoms with Gasteiger partial charge in [0.1, 0.15) is 0 Å². The van der Waals surface area contributed by atoms with E-state index in [1.165, 1.54) is 19.3 Å². The van der Waals surface area contributed by atoms with E-state index in [0.717, 1.165) is 30.4 Å². The Balaban J connectivity index is 1.96. The Bertz CT molecular complexity index is 602. The van der Waals surface area contributed by atoms with Gasteiger partial charge in [0.2, 0.25) is 11.7 Å². The Hall–Kier alpha value is -1.75. The fourth-order valence-electron chi connectivity index (χ4n) is 3.21. The van der Waals surface area contributed by atoms with E-state index in [2.05, 4.69) is 22.0 Å². The molecule has 5 heteroatoms. The monoisotopic (exact) mass is 286 g/mol. The molecule has 0 saturated heterocycles. The Morgan fingerprint density at radius 2 is 2.10 bits per heavy atom. The maximum atomic E-state index is 6.04. The number of hydrogen-bond acceptors (Lipinski definition) is 5. The summed E-state index contributed by atoms with van der Waals surface area (Å²) in [5, 5.41) is 4.19. The molecular formula is C16H22N4O. The van der Waals surface area contributed by atoms with Crippen molar-refractivity contribution in [2.24, 2.45) is 5.73 Å². The third-order valence-corrected chi connectivity index (χ3v) is 4.61. The summed E-state index contributed by atoms with van der Waals surface area (Å²) in [4.78, 5) is 8.83. The largest absolute Gasteiger partial charge is 0.338 e. The van der Waals surface area contributed by atoms with Crippen molar-refractivity contribution in [3.05, 3.63) is 29.9 Å². The van der Waals surface area contributed by atoms with Gasteiger partial charge in [0, 0.05) is 24.5 Å². The lowest BCUT2D eigenvalue weighted by Crippen LogP contribution is -2.37. The second kappa shape index (κ2) is 5.93. The second-order valence-electron chi connectivity index (χ2n) is 5.85. The van der Waals surface area contributed by atoms with Gasteiger partial charge in [0.05, 0.1) is 5.41 Å². The summed E-state index contributed by atoms with van der Waals surface area (Å²) >= 11 is 0. The molecule has 2 aromatic heterocycles. The number of aryl methyl sites for hydroxylation is 1. The van der Waals surface area contributed by atoms with E-state index in [1.54, 1.807) is 6.20 Å². The lowest BCUT2D eigenvalue weighted by Gasteiger charge is -2.32. The second-order valence-corrected chi connectivity index (χ2v) is 5.85. The molecule has 3 rings (SSSR count). The van der Waals surface area contributed by atoms with Crippen LogP contribution in [0.3, 0.4) is 0 Å². The van der Waals surface area contributed by atoms with Gasteiger partial charge in [0.25, 0.3) is 0 Å². The molecule has 2 aromatic rings. The predicted molar refractivity (Wildman–Crippen MR) is 80.7 cm³/mol. The summed E-state index contributed by atoms with van der Waals surface area (Å²) in [6.45, 7) is 2.68. The number of pyridine rings is 1. The molecular weight excluding hydrogens is 264 g/mol. The minimum Gasteiger partial charge on any atom is -0.338 e. The van der Waals surface area contributed by atoms with E-state index in [-0.39, 0.29) is 5.41 Å². The van der Waals surface area contributed by atoms with Gasteiger partial charge >= 0.3 is 0 Å². The van der Waals surface area contributed by atoms with E-state index < -0.39 is 0 Å². The van der Waals surface area contributed by atoms with Gasteiger partial charge in [0.15, 0.2) is 0 Å². The topological polar surface area (TPSA) is 77.8 Å². The minimum atomic E-state index is -0.122. The van der Waals surface area contributed by atoms with Crippen molar-refractivity contribution in [2.75, 3.05) is 6.54 Å². The van der Waals surface area contributed by atoms with E-state index in [1.807, 2.05) is 12.3 Å². The van der Waals surface area contributed by atoms with E-state index in [9.17, 15) is 0 Å². The fraction of sp³-hybridized carbons (Fsp3) is 0.562. The number of aromatic nitrogens is 3. The first-order valence-electron chi connectivity index (χ1n) is 7.76. The van der Waals surface area contributed by atoms with Crippen LogP contribution in [0.25, 0.3) is 11.4 Å². The van der Waals surface area contributed by atoms with Gasteiger partial charge < -0.3 is 10.3 Å². The first kappa shape index (κ1) is 14.2. The molecule has 5 nitrogen and oxygen atoms in total. The van der Waals surface area contributed by atoms with Crippen LogP contribution in [-0.4, -0.2) is 21.7 Å². The highest BCUT2D eigenvalue weighted by atomic mass is 16.5. The number of hydrogen-bond donors (Lipinski definition) is 1. The Morgan fingerprint density at radius 3 is 2.81 bits per heavy atom. The zero-order valence-electron chi connectivity index (χ0n) is 12.5. The highest BCUT2D eigenvalue weighted by molar-refractivity contribution is 5.58. The van der Waals surface area contributed by atoms with Crippen LogP contribution >= 0.6 is 0 Å². The van der Waals surface area contributed by atoms with Gasteiger partial charge in [-0.1, -0.05) is 31.3 Å². The predicted octanol–water partition coefficient (Wildman–Crippen LogP) is 2.85. The lowest BCUT2D eigenvalue weighted by atomic mass is 9.74. The zero-order valence-corrected chi connectivity index (χ0v) is 12.5. The summed E-state index contributed by atoms with van der Waals surface area (Å²) in [7, 11) is 0. The molecule has 0 unspecified atom stereocenters. The first-order chi connectivity index (χ1) is 10.3. The van der Waals surface area contributed by atoms with Gasteiger partial charge in [-0.25, -0.2) is 0 Å². The summed E-state index contributed by atoms with van der Waals surface area (Å²) in [5.74, 6) is 1.36. The summed E-state index contributed by atoms with van der Waals surface area (Å²) in [5.41, 5.74) is 8.05. The SMILES string of the molecule is CCc1cnccc1-c1noc(C2(CN)CCCCC2)n1. The van der Waals surface area contributed by atoms with Gasteiger partial charge in [-0.05, 0) is 30.9 Å². The molecule has 0 aliphatic heterocycles. The van der Waals surface area contributed by atoms with E-state index in [4.69, 9.17) is 10.3 Å². The van der Waals surface area contributed by atoms with Crippen molar-refractivity contribution in [2.45, 2.75) is 50.9 Å². The number of nitrogens with two attached hydrogens (primary N) is 1. The molecule has 1 aliphatic carbocycles. The minimum absolute atomic E-state index is 0.122. The van der Waals surface area contributed by atoms with Crippen LogP contribution in [0.5, 0.6) is 0 Å². The highest BCUT2D eigenvalue weighted by Gasteiger charge is 2.38. The van der Waals surface area contributed by atoms with Crippen LogP contribution in [0, 0.1) is 0 Å². The molecule has 1 aliphatic rings. The quantitative estimate of drug-likeness (QED) is 0.935. The van der Waals surface area contributed by atoms with E-state index >= 15 is 0 Å². The van der Waals surface area contributed by atoms with Crippen LogP contribution in [0.1, 0.15) is 50.5 Å². The van der Waals surface area contributed by atoms with Crippen molar-refractivity contribution in [1.82, 2.24) is 15.1 Å². The van der Waals surface area contributed by atoms with Crippen molar-refractivity contribution in [3.8, 4) is 11.4 Å². The molecule has 2 heterocycles. The van der Waals surface area contributed by atoms with E-state index in [0.29, 0.717) is 18.3 Å². The Labute approximate surface area is 125 Å². The average molecular weight is 286 g/mol. The molecule has 2 N–H and O–H groups in total. The molecule has 1 fully saturated rings. The number of rotatable bonds is 4. The first-order valence-corrected chi connectivity index (χ1v) is 7.76. The zero-order chi connectivity index (χ0) is 14.7. The summed E-state index contributed by atoms with van der Waals surface area (Å²) in [6, 6.07) is 1.95. The van der Waals surface area contributed by atoms with Crippen molar-refractivity contribution >= 4 is 0 Å². The van der Waals surface area contributed by atoms with Crippen LogP contribution < -0.4 is 5.73 Å². The van der Waals surface area contributed by atoms with Crippen LogP contribution in [0.4, 0.5) is 0 Å². The van der Waals surface area contributed by atoms with Crippen molar-refractivity contribution in [3.63, 3.8) is 0 Å². The molecule has 0 bridgehead atoms. The van der Waals surface area contributed by atoms with Gasteiger partial charge in [-0.3, -0.25) is 4.98 Å². The lowest BCUT2D eigenvalue weighted by molar-refractivity contribution is 0.220. The van der Waals surface area contributed by atoms with Crippen molar-refractivity contribution < 1.29 is 4.52 Å². The summed E-state index contributed by atoms with van der Waals surface area (Å²) in [6.07, 6.45) is 10.3. The van der Waals surface area contributed by atoms with Gasteiger partial charge in [-0.2, -0.15) is 4.98 Å². The third-order valence-electron chi connectivity index (χ3n) is 4.61. The van der Waals surface area contributed by atoms with Crippen LogP contribution in [0.15, 0.2) is 23.0 Å². The molecule has 0 radical (unpaired) electrons. The third kappa shape index (κ3) is 2.58. The van der Waals surface area contributed by atoms with Gasteiger partial charge in [-0.15, -0.1) is 0 Å². The smallest absolute Gasteiger partial charge is 0.234 e. The Kier molecular flexibility index (Phi) is 4.01. The molecule has 0 spiro atoms. The molecule has 112 valence electrons. The summed E-state index contributed by atoms with van der Waals surface area (Å²) < 4.78 is 5.59. The molecule has 0 atom stereocenters. The molecule has 1 saturated carbocycles. The maximum Gasteiger partial charge on any atom is 0.234 e. The standard InChI is InChI=1S/C16H22N4O/c1-2-12-10-18-9-6-13(12)14-19-15(21-20-14)16(11-17)7-4-3-5-8-16/h6,9-10H,2-5,7-8,11,17H2,1H3. The van der Waals surface area contributed by atoms with Crippen molar-refractivity contribution in [1.29, 1.82) is 0 Å². The molecule has 0 amide bonds. The van der Waals surface area contributed by atoms with Crippen LogP contribution in [0.2, 0.25) is 0 Å². The number of nitrogens with zero attached hydrogens (tertiary/aromatic N) is 3. The highest BCUT2D eigenvalue weighted by Crippen LogP contribution is 2.38. The normalized spacial score (nSPS) is 17.8. The fourth-order valence-corrected chi connectivity index (χ4v) is 3.21. The average Bonchev–Trinajstić information content (AvgIpc) is 3.06. The molecule has 21 heavy (non-hydrogen) atoms. The Morgan fingerprint density at radius 1 is 1.29 bits per heavy atom. The van der Waals surface area contributed by atoms with Crippen LogP contribution in [-0.2, 0) is 11.8 Å². The molecule has 0 aromatic carbocycles.